The molecule has 0 saturated heterocycles. The van der Waals surface area contributed by atoms with E-state index in [0.29, 0.717) is 12.1 Å². The van der Waals surface area contributed by atoms with Crippen LogP contribution in [0.2, 0.25) is 0 Å². The molecule has 100 valence electrons. The third-order valence-corrected chi connectivity index (χ3v) is 2.95. The van der Waals surface area contributed by atoms with Crippen molar-refractivity contribution in [1.29, 1.82) is 0 Å². The van der Waals surface area contributed by atoms with Gasteiger partial charge in [-0.1, -0.05) is 13.0 Å². The van der Waals surface area contributed by atoms with Crippen LogP contribution < -0.4 is 16.0 Å². The molecule has 1 aromatic carbocycles. The average Bonchev–Trinajstić information content (AvgIpc) is 2.37. The Morgan fingerprint density at radius 2 is 2.22 bits per heavy atom. The molecule has 0 fully saturated rings. The number of carbonyl (C=O) groups excluding carboxylic acids is 1. The maximum Gasteiger partial charge on any atom is 0.224 e. The zero-order valence-electron chi connectivity index (χ0n) is 11.0. The van der Waals surface area contributed by atoms with E-state index >= 15 is 0 Å². The Hall–Kier alpha value is -1.62. The summed E-state index contributed by atoms with van der Waals surface area (Å²) in [5, 5.41) is 2.60. The topological polar surface area (TPSA) is 58.4 Å². The highest BCUT2D eigenvalue weighted by molar-refractivity contribution is 5.78. The van der Waals surface area contributed by atoms with Crippen LogP contribution in [0.15, 0.2) is 18.2 Å². The lowest BCUT2D eigenvalue weighted by atomic mass is 10.1. The lowest BCUT2D eigenvalue weighted by Crippen LogP contribution is -2.34. The summed E-state index contributed by atoms with van der Waals surface area (Å²) in [4.78, 5) is 13.3. The normalized spacial score (nSPS) is 12.1. The molecule has 0 aromatic heterocycles. The number of benzene rings is 1. The van der Waals surface area contributed by atoms with E-state index in [1.54, 1.807) is 13.1 Å². The van der Waals surface area contributed by atoms with E-state index in [9.17, 15) is 9.18 Å². The molecular formula is C13H20FN3O. The van der Waals surface area contributed by atoms with Crippen LogP contribution in [0.3, 0.4) is 0 Å². The largest absolute Gasteiger partial charge is 0.373 e. The Morgan fingerprint density at radius 3 is 2.78 bits per heavy atom. The van der Waals surface area contributed by atoms with Crippen molar-refractivity contribution in [2.75, 3.05) is 25.5 Å². The van der Waals surface area contributed by atoms with Crippen LogP contribution in [0, 0.1) is 11.7 Å². The molecule has 3 N–H and O–H groups in total. The first-order valence-electron chi connectivity index (χ1n) is 5.91. The smallest absolute Gasteiger partial charge is 0.224 e. The number of halogens is 1. The highest BCUT2D eigenvalue weighted by Gasteiger charge is 2.16. The van der Waals surface area contributed by atoms with Gasteiger partial charge in [-0.2, -0.15) is 0 Å². The maximum absolute atomic E-state index is 13.6. The van der Waals surface area contributed by atoms with Gasteiger partial charge in [0.1, 0.15) is 5.82 Å². The minimum atomic E-state index is -0.311. The molecule has 1 atom stereocenters. The maximum atomic E-state index is 13.6. The SMILES string of the molecule is CNC(=O)C(C)CN(C)c1cccc(F)c1CN. The van der Waals surface area contributed by atoms with Crippen molar-refractivity contribution >= 4 is 11.6 Å². The van der Waals surface area contributed by atoms with Gasteiger partial charge in [-0.05, 0) is 12.1 Å². The number of hydrogen-bond donors (Lipinski definition) is 2. The quantitative estimate of drug-likeness (QED) is 0.826. The molecule has 0 radical (unpaired) electrons. The van der Waals surface area contributed by atoms with Crippen molar-refractivity contribution in [3.8, 4) is 0 Å². The van der Waals surface area contributed by atoms with Gasteiger partial charge in [0, 0.05) is 38.4 Å². The van der Waals surface area contributed by atoms with E-state index in [1.165, 1.54) is 6.07 Å². The fourth-order valence-corrected chi connectivity index (χ4v) is 1.95. The van der Waals surface area contributed by atoms with Gasteiger partial charge in [-0.25, -0.2) is 4.39 Å². The predicted molar refractivity (Wildman–Crippen MR) is 70.8 cm³/mol. The molecule has 1 aromatic rings. The van der Waals surface area contributed by atoms with Gasteiger partial charge in [0.15, 0.2) is 0 Å². The van der Waals surface area contributed by atoms with Crippen molar-refractivity contribution in [3.63, 3.8) is 0 Å². The van der Waals surface area contributed by atoms with E-state index < -0.39 is 0 Å². The summed E-state index contributed by atoms with van der Waals surface area (Å²) in [6.07, 6.45) is 0. The number of carbonyl (C=O) groups is 1. The molecule has 0 aliphatic carbocycles. The number of anilines is 1. The fourth-order valence-electron chi connectivity index (χ4n) is 1.95. The molecule has 0 spiro atoms. The first kappa shape index (κ1) is 14.4. The van der Waals surface area contributed by atoms with Crippen LogP contribution in [-0.2, 0) is 11.3 Å². The van der Waals surface area contributed by atoms with Crippen LogP contribution in [0.5, 0.6) is 0 Å². The van der Waals surface area contributed by atoms with Crippen LogP contribution >= 0.6 is 0 Å². The minimum Gasteiger partial charge on any atom is -0.373 e. The average molecular weight is 253 g/mol. The Bertz CT molecular complexity index is 423. The van der Waals surface area contributed by atoms with Crippen molar-refractivity contribution in [2.24, 2.45) is 11.7 Å². The number of nitrogens with one attached hydrogen (secondary N) is 1. The molecule has 1 unspecified atom stereocenters. The van der Waals surface area contributed by atoms with Crippen LogP contribution in [0.25, 0.3) is 0 Å². The number of rotatable bonds is 5. The monoisotopic (exact) mass is 253 g/mol. The summed E-state index contributed by atoms with van der Waals surface area (Å²) >= 11 is 0. The first-order valence-corrected chi connectivity index (χ1v) is 5.91. The van der Waals surface area contributed by atoms with E-state index in [2.05, 4.69) is 5.32 Å². The Kier molecular flexibility index (Phi) is 5.09. The number of nitrogens with zero attached hydrogens (tertiary/aromatic N) is 1. The number of amides is 1. The molecule has 0 heterocycles. The molecular weight excluding hydrogens is 233 g/mol. The van der Waals surface area contributed by atoms with Crippen molar-refractivity contribution < 1.29 is 9.18 Å². The zero-order chi connectivity index (χ0) is 13.7. The highest BCUT2D eigenvalue weighted by Crippen LogP contribution is 2.22. The van der Waals surface area contributed by atoms with E-state index in [0.717, 1.165) is 5.69 Å². The van der Waals surface area contributed by atoms with Crippen LogP contribution in [0.1, 0.15) is 12.5 Å². The number of nitrogens with two attached hydrogens (primary N) is 1. The summed E-state index contributed by atoms with van der Waals surface area (Å²) in [6.45, 7) is 2.48. The Balaban J connectivity index is 2.87. The zero-order valence-corrected chi connectivity index (χ0v) is 11.0. The van der Waals surface area contributed by atoms with E-state index in [-0.39, 0.29) is 24.2 Å². The fraction of sp³-hybridized carbons (Fsp3) is 0.462. The second kappa shape index (κ2) is 6.35. The lowest BCUT2D eigenvalue weighted by molar-refractivity contribution is -0.123. The first-order chi connectivity index (χ1) is 8.51. The molecule has 5 heteroatoms. The third-order valence-electron chi connectivity index (χ3n) is 2.95. The Morgan fingerprint density at radius 1 is 1.56 bits per heavy atom. The summed E-state index contributed by atoms with van der Waals surface area (Å²) < 4.78 is 13.6. The third kappa shape index (κ3) is 3.20. The Labute approximate surface area is 107 Å². The summed E-state index contributed by atoms with van der Waals surface area (Å²) in [5.74, 6) is -0.518. The van der Waals surface area contributed by atoms with Gasteiger partial charge in [0.2, 0.25) is 5.91 Å². The summed E-state index contributed by atoms with van der Waals surface area (Å²) in [5.41, 5.74) is 6.77. The van der Waals surface area contributed by atoms with Gasteiger partial charge in [-0.15, -0.1) is 0 Å². The minimum absolute atomic E-state index is 0.0347. The standard InChI is InChI=1S/C13H20FN3O/c1-9(13(18)16-2)8-17(3)12-6-4-5-11(14)10(12)7-15/h4-6,9H,7-8,15H2,1-3H3,(H,16,18). The second-order valence-electron chi connectivity index (χ2n) is 4.34. The predicted octanol–water partition coefficient (Wildman–Crippen LogP) is 1.10. The highest BCUT2D eigenvalue weighted by atomic mass is 19.1. The van der Waals surface area contributed by atoms with Crippen molar-refractivity contribution in [2.45, 2.75) is 13.5 Å². The van der Waals surface area contributed by atoms with Gasteiger partial charge in [0.05, 0.1) is 5.92 Å². The molecule has 0 bridgehead atoms. The summed E-state index contributed by atoms with van der Waals surface area (Å²) in [6, 6.07) is 4.84. The lowest BCUT2D eigenvalue weighted by Gasteiger charge is -2.25. The van der Waals surface area contributed by atoms with Crippen molar-refractivity contribution in [1.82, 2.24) is 5.32 Å². The molecule has 1 amide bonds. The van der Waals surface area contributed by atoms with E-state index in [1.807, 2.05) is 24.9 Å². The van der Waals surface area contributed by atoms with Gasteiger partial charge < -0.3 is 16.0 Å². The molecule has 4 nitrogen and oxygen atoms in total. The second-order valence-corrected chi connectivity index (χ2v) is 4.34. The molecule has 0 aliphatic heterocycles. The van der Waals surface area contributed by atoms with Gasteiger partial charge in [-0.3, -0.25) is 4.79 Å². The van der Waals surface area contributed by atoms with Crippen LogP contribution in [0.4, 0.5) is 10.1 Å². The molecule has 18 heavy (non-hydrogen) atoms. The van der Waals surface area contributed by atoms with Crippen molar-refractivity contribution in [3.05, 3.63) is 29.6 Å². The molecule has 0 saturated carbocycles. The van der Waals surface area contributed by atoms with E-state index in [4.69, 9.17) is 5.73 Å². The molecule has 1 rings (SSSR count). The van der Waals surface area contributed by atoms with Gasteiger partial charge in [0.25, 0.3) is 0 Å². The van der Waals surface area contributed by atoms with Crippen LogP contribution in [-0.4, -0.2) is 26.5 Å². The number of hydrogen-bond acceptors (Lipinski definition) is 3. The van der Waals surface area contributed by atoms with Gasteiger partial charge >= 0.3 is 0 Å². The molecule has 0 aliphatic rings. The summed E-state index contributed by atoms with van der Waals surface area (Å²) in [7, 11) is 3.43.